The van der Waals surface area contributed by atoms with Gasteiger partial charge in [0.2, 0.25) is 5.91 Å². The Labute approximate surface area is 197 Å². The molecule has 3 aromatic carbocycles. The summed E-state index contributed by atoms with van der Waals surface area (Å²) >= 11 is 6.08. The maximum Gasteiger partial charge on any atom is 0.266 e. The molecule has 0 spiro atoms. The predicted octanol–water partition coefficient (Wildman–Crippen LogP) is 4.77. The summed E-state index contributed by atoms with van der Waals surface area (Å²) in [5.41, 5.74) is 4.23. The molecule has 2 aliphatic rings. The lowest BCUT2D eigenvalue weighted by atomic mass is 9.90. The molecule has 2 saturated heterocycles. The van der Waals surface area contributed by atoms with E-state index < -0.39 is 18.1 Å². The van der Waals surface area contributed by atoms with E-state index in [0.717, 1.165) is 22.5 Å². The molecule has 0 bridgehead atoms. The van der Waals surface area contributed by atoms with E-state index in [2.05, 4.69) is 0 Å². The van der Waals surface area contributed by atoms with Crippen LogP contribution in [-0.4, -0.2) is 32.0 Å². The van der Waals surface area contributed by atoms with Gasteiger partial charge in [0, 0.05) is 24.8 Å². The van der Waals surface area contributed by atoms with Crippen molar-refractivity contribution in [1.29, 1.82) is 0 Å². The molecule has 0 N–H and O–H groups in total. The number of hydrogen-bond donors (Lipinski definition) is 0. The molecule has 0 saturated carbocycles. The van der Waals surface area contributed by atoms with Crippen molar-refractivity contribution in [3.63, 3.8) is 0 Å². The van der Waals surface area contributed by atoms with Crippen molar-refractivity contribution in [1.82, 2.24) is 0 Å². The van der Waals surface area contributed by atoms with E-state index in [-0.39, 0.29) is 11.8 Å². The molecule has 5 rings (SSSR count). The molecule has 3 aromatic rings. The van der Waals surface area contributed by atoms with Crippen LogP contribution >= 0.6 is 11.6 Å². The Hall–Kier alpha value is -3.35. The van der Waals surface area contributed by atoms with E-state index in [1.807, 2.05) is 80.5 Å². The van der Waals surface area contributed by atoms with E-state index in [9.17, 15) is 9.59 Å². The van der Waals surface area contributed by atoms with Crippen LogP contribution in [0.25, 0.3) is 0 Å². The van der Waals surface area contributed by atoms with Crippen LogP contribution < -0.4 is 14.9 Å². The molecule has 2 aliphatic heterocycles. The fraction of sp³-hybridized carbons (Fsp3) is 0.231. The number of fused-ring (bicyclic) bond motifs is 1. The Kier molecular flexibility index (Phi) is 5.35. The summed E-state index contributed by atoms with van der Waals surface area (Å²) in [5.74, 6) is -1.27. The Morgan fingerprint density at radius 3 is 2.21 bits per heavy atom. The van der Waals surface area contributed by atoms with Gasteiger partial charge in [0.25, 0.3) is 5.91 Å². The highest BCUT2D eigenvalue weighted by Gasteiger charge is 2.60. The number of imide groups is 1. The number of carbonyl (C=O) groups excluding carboxylic acids is 2. The molecule has 6 nitrogen and oxygen atoms in total. The Balaban J connectivity index is 1.57. The summed E-state index contributed by atoms with van der Waals surface area (Å²) in [6, 6.07) is 22.1. The van der Waals surface area contributed by atoms with Gasteiger partial charge in [-0.05, 0) is 66.6 Å². The first kappa shape index (κ1) is 21.5. The van der Waals surface area contributed by atoms with Crippen molar-refractivity contribution in [2.24, 2.45) is 5.92 Å². The van der Waals surface area contributed by atoms with Crippen LogP contribution in [0.1, 0.15) is 17.2 Å². The third-order valence-electron chi connectivity index (χ3n) is 6.21. The standard InChI is InChI=1S/C26H24ClN3O3/c1-16-5-4-6-21(15-16)29-25(31)22-23(17-7-11-19(12-8-17)28(2)3)30(33-24(22)26(29)32)20-13-9-18(27)10-14-20/h4-15,22-24H,1-3H3. The van der Waals surface area contributed by atoms with Crippen molar-refractivity contribution in [2.45, 2.75) is 19.1 Å². The molecule has 7 heteroatoms. The molecule has 2 amide bonds. The highest BCUT2D eigenvalue weighted by atomic mass is 35.5. The van der Waals surface area contributed by atoms with Crippen LogP contribution in [0.5, 0.6) is 0 Å². The van der Waals surface area contributed by atoms with Gasteiger partial charge in [0.15, 0.2) is 6.10 Å². The van der Waals surface area contributed by atoms with Gasteiger partial charge in [-0.25, -0.2) is 9.96 Å². The number of hydroxylamine groups is 1. The van der Waals surface area contributed by atoms with E-state index in [4.69, 9.17) is 16.4 Å². The molecule has 0 aliphatic carbocycles. The maximum atomic E-state index is 13.7. The zero-order valence-corrected chi connectivity index (χ0v) is 19.4. The Morgan fingerprint density at radius 2 is 1.58 bits per heavy atom. The monoisotopic (exact) mass is 461 g/mol. The first-order chi connectivity index (χ1) is 15.8. The second kappa shape index (κ2) is 8.21. The van der Waals surface area contributed by atoms with Gasteiger partial charge in [-0.2, -0.15) is 0 Å². The third-order valence-corrected chi connectivity index (χ3v) is 6.46. The van der Waals surface area contributed by atoms with Gasteiger partial charge < -0.3 is 4.90 Å². The van der Waals surface area contributed by atoms with Crippen LogP contribution in [0.3, 0.4) is 0 Å². The van der Waals surface area contributed by atoms with Gasteiger partial charge in [-0.3, -0.25) is 14.4 Å². The first-order valence-electron chi connectivity index (χ1n) is 10.8. The summed E-state index contributed by atoms with van der Waals surface area (Å²) in [6.45, 7) is 1.93. The normalized spacial score (nSPS) is 22.1. The summed E-state index contributed by atoms with van der Waals surface area (Å²) in [4.78, 5) is 36.5. The summed E-state index contributed by atoms with van der Waals surface area (Å²) in [6.07, 6.45) is -0.896. The van der Waals surface area contributed by atoms with Crippen LogP contribution in [0.15, 0.2) is 72.8 Å². The molecule has 33 heavy (non-hydrogen) atoms. The van der Waals surface area contributed by atoms with Gasteiger partial charge >= 0.3 is 0 Å². The van der Waals surface area contributed by atoms with Crippen molar-refractivity contribution in [2.75, 3.05) is 29.0 Å². The van der Waals surface area contributed by atoms with Gasteiger partial charge in [-0.15, -0.1) is 0 Å². The highest BCUT2D eigenvalue weighted by Crippen LogP contribution is 2.47. The zero-order chi connectivity index (χ0) is 23.3. The maximum absolute atomic E-state index is 13.7. The summed E-state index contributed by atoms with van der Waals surface area (Å²) in [5, 5.41) is 2.28. The third kappa shape index (κ3) is 3.65. The minimum Gasteiger partial charge on any atom is -0.378 e. The second-order valence-electron chi connectivity index (χ2n) is 8.64. The summed E-state index contributed by atoms with van der Waals surface area (Å²) < 4.78 is 0. The number of carbonyl (C=O) groups is 2. The van der Waals surface area contributed by atoms with Crippen LogP contribution in [0, 0.1) is 12.8 Å². The molecular formula is C26H24ClN3O3. The van der Waals surface area contributed by atoms with E-state index in [1.165, 1.54) is 4.90 Å². The number of rotatable bonds is 4. The SMILES string of the molecule is Cc1cccc(N2C(=O)C3ON(c4ccc(Cl)cc4)C(c4ccc(N(C)C)cc4)C3C2=O)c1. The van der Waals surface area contributed by atoms with Gasteiger partial charge in [-0.1, -0.05) is 35.9 Å². The van der Waals surface area contributed by atoms with Crippen molar-refractivity contribution >= 4 is 40.5 Å². The number of benzene rings is 3. The lowest BCUT2D eigenvalue weighted by Crippen LogP contribution is -2.37. The molecule has 0 radical (unpaired) electrons. The van der Waals surface area contributed by atoms with Crippen molar-refractivity contribution in [3.8, 4) is 0 Å². The van der Waals surface area contributed by atoms with Crippen LogP contribution in [0.4, 0.5) is 17.1 Å². The number of hydrogen-bond acceptors (Lipinski definition) is 5. The van der Waals surface area contributed by atoms with Crippen molar-refractivity contribution < 1.29 is 14.4 Å². The Morgan fingerprint density at radius 1 is 0.879 bits per heavy atom. The van der Waals surface area contributed by atoms with Crippen molar-refractivity contribution in [3.05, 3.63) is 88.9 Å². The molecule has 3 atom stereocenters. The van der Waals surface area contributed by atoms with Gasteiger partial charge in [0.05, 0.1) is 17.4 Å². The fourth-order valence-electron chi connectivity index (χ4n) is 4.56. The highest BCUT2D eigenvalue weighted by molar-refractivity contribution is 6.30. The van der Waals surface area contributed by atoms with E-state index >= 15 is 0 Å². The molecule has 0 aromatic heterocycles. The minimum atomic E-state index is -0.896. The van der Waals surface area contributed by atoms with Crippen LogP contribution in [0.2, 0.25) is 5.02 Å². The average molecular weight is 462 g/mol. The molecular weight excluding hydrogens is 438 g/mol. The minimum absolute atomic E-state index is 0.256. The molecule has 2 heterocycles. The lowest BCUT2D eigenvalue weighted by molar-refractivity contribution is -0.126. The van der Waals surface area contributed by atoms with E-state index in [0.29, 0.717) is 10.7 Å². The number of nitrogens with zero attached hydrogens (tertiary/aromatic N) is 3. The number of halogens is 1. The number of aryl methyl sites for hydroxylation is 1. The Bertz CT molecular complexity index is 1210. The number of anilines is 3. The largest absolute Gasteiger partial charge is 0.378 e. The predicted molar refractivity (Wildman–Crippen MR) is 129 cm³/mol. The zero-order valence-electron chi connectivity index (χ0n) is 18.6. The average Bonchev–Trinajstić information content (AvgIpc) is 3.30. The molecule has 2 fully saturated rings. The van der Waals surface area contributed by atoms with E-state index in [1.54, 1.807) is 23.3 Å². The second-order valence-corrected chi connectivity index (χ2v) is 9.07. The first-order valence-corrected chi connectivity index (χ1v) is 11.2. The summed E-state index contributed by atoms with van der Waals surface area (Å²) in [7, 11) is 3.95. The lowest BCUT2D eigenvalue weighted by Gasteiger charge is -2.29. The number of amides is 2. The van der Waals surface area contributed by atoms with Gasteiger partial charge in [0.1, 0.15) is 5.92 Å². The quantitative estimate of drug-likeness (QED) is 0.524. The smallest absolute Gasteiger partial charge is 0.266 e. The topological polar surface area (TPSA) is 53.1 Å². The fourth-order valence-corrected chi connectivity index (χ4v) is 4.68. The van der Waals surface area contributed by atoms with Crippen LogP contribution in [-0.2, 0) is 14.4 Å². The molecule has 168 valence electrons. The molecule has 3 unspecified atom stereocenters.